The quantitative estimate of drug-likeness (QED) is 0.803. The lowest BCUT2D eigenvalue weighted by Crippen LogP contribution is -2.48. The van der Waals surface area contributed by atoms with E-state index in [1.807, 2.05) is 6.92 Å². The Morgan fingerprint density at radius 3 is 3.06 bits per heavy atom. The number of carbonyl (C=O) groups excluding carboxylic acids is 1. The Bertz CT molecular complexity index is 394. The molecule has 1 aromatic heterocycles. The molecule has 0 amide bonds. The minimum atomic E-state index is -0.436. The predicted molar refractivity (Wildman–Crippen MR) is 60.3 cm³/mol. The van der Waals surface area contributed by atoms with Crippen molar-refractivity contribution in [1.29, 1.82) is 0 Å². The van der Waals surface area contributed by atoms with Crippen LogP contribution < -0.4 is 5.32 Å². The topological polar surface area (TPSA) is 51.2 Å². The number of morpholine rings is 1. The van der Waals surface area contributed by atoms with Gasteiger partial charge in [0.2, 0.25) is 0 Å². The number of rotatable bonds is 3. The minimum Gasteiger partial charge on any atom is -0.378 e. The van der Waals surface area contributed by atoms with E-state index >= 15 is 0 Å². The second kappa shape index (κ2) is 5.33. The lowest BCUT2D eigenvalue weighted by atomic mass is 10.1. The van der Waals surface area contributed by atoms with E-state index in [1.54, 1.807) is 0 Å². The summed E-state index contributed by atoms with van der Waals surface area (Å²) in [5.41, 5.74) is 0.298. The number of ether oxygens (including phenoxy) is 1. The normalized spacial score (nSPS) is 24.6. The number of nitrogens with one attached hydrogen (secondary N) is 1. The number of ketones is 1. The van der Waals surface area contributed by atoms with Crippen molar-refractivity contribution in [2.24, 2.45) is 0 Å². The van der Waals surface area contributed by atoms with Gasteiger partial charge in [0, 0.05) is 18.5 Å². The van der Waals surface area contributed by atoms with Crippen LogP contribution in [0.25, 0.3) is 0 Å². The van der Waals surface area contributed by atoms with E-state index < -0.39 is 5.82 Å². The summed E-state index contributed by atoms with van der Waals surface area (Å²) in [6, 6.07) is 2.92. The number of carbonyl (C=O) groups is 1. The summed E-state index contributed by atoms with van der Waals surface area (Å²) in [5.74, 6) is -0.533. The molecule has 92 valence electrons. The average Bonchev–Trinajstić information content (AvgIpc) is 2.29. The average molecular weight is 238 g/mol. The first kappa shape index (κ1) is 12.1. The molecule has 1 aliphatic heterocycles. The van der Waals surface area contributed by atoms with E-state index in [0.717, 1.165) is 6.20 Å². The van der Waals surface area contributed by atoms with Crippen molar-refractivity contribution in [3.63, 3.8) is 0 Å². The third-order valence-corrected chi connectivity index (χ3v) is 2.65. The van der Waals surface area contributed by atoms with Crippen LogP contribution in [-0.4, -0.2) is 36.1 Å². The third kappa shape index (κ3) is 3.31. The molecule has 4 nitrogen and oxygen atoms in total. The second-order valence-electron chi connectivity index (χ2n) is 4.29. The Morgan fingerprint density at radius 1 is 1.59 bits per heavy atom. The fraction of sp³-hybridized carbons (Fsp3) is 0.500. The maximum Gasteiger partial charge on any atom is 0.182 e. The molecule has 1 aliphatic rings. The van der Waals surface area contributed by atoms with Crippen molar-refractivity contribution in [1.82, 2.24) is 10.3 Å². The van der Waals surface area contributed by atoms with Gasteiger partial charge in [0.1, 0.15) is 11.5 Å². The Labute approximate surface area is 99.2 Å². The molecule has 1 N–H and O–H groups in total. The Hall–Kier alpha value is -1.33. The first-order valence-electron chi connectivity index (χ1n) is 5.63. The van der Waals surface area contributed by atoms with Gasteiger partial charge in [0.05, 0.1) is 19.4 Å². The van der Waals surface area contributed by atoms with Crippen LogP contribution >= 0.6 is 0 Å². The maximum absolute atomic E-state index is 12.7. The van der Waals surface area contributed by atoms with E-state index in [2.05, 4.69) is 10.3 Å². The highest BCUT2D eigenvalue weighted by atomic mass is 19.1. The highest BCUT2D eigenvalue weighted by Crippen LogP contribution is 2.08. The third-order valence-electron chi connectivity index (χ3n) is 2.65. The molecule has 1 aromatic rings. The van der Waals surface area contributed by atoms with E-state index in [0.29, 0.717) is 25.3 Å². The van der Waals surface area contributed by atoms with E-state index in [-0.39, 0.29) is 17.9 Å². The number of hydrogen-bond acceptors (Lipinski definition) is 4. The molecule has 2 unspecified atom stereocenters. The van der Waals surface area contributed by atoms with Crippen LogP contribution in [0.2, 0.25) is 0 Å². The van der Waals surface area contributed by atoms with Crippen LogP contribution in [0.3, 0.4) is 0 Å². The largest absolute Gasteiger partial charge is 0.378 e. The van der Waals surface area contributed by atoms with Gasteiger partial charge in [-0.2, -0.15) is 0 Å². The highest BCUT2D eigenvalue weighted by Gasteiger charge is 2.21. The zero-order chi connectivity index (χ0) is 12.3. The van der Waals surface area contributed by atoms with Gasteiger partial charge in [-0.1, -0.05) is 0 Å². The first-order chi connectivity index (χ1) is 8.15. The molecule has 0 bridgehead atoms. The van der Waals surface area contributed by atoms with Crippen molar-refractivity contribution >= 4 is 5.78 Å². The lowest BCUT2D eigenvalue weighted by Gasteiger charge is -2.28. The van der Waals surface area contributed by atoms with Crippen LogP contribution in [0.15, 0.2) is 18.3 Å². The molecule has 2 rings (SSSR count). The summed E-state index contributed by atoms with van der Waals surface area (Å²) in [7, 11) is 0. The summed E-state index contributed by atoms with van der Waals surface area (Å²) in [5, 5.41) is 3.28. The fourth-order valence-electron chi connectivity index (χ4n) is 1.87. The SMILES string of the molecule is CC1COCC(CC(=O)c2ccc(F)cn2)N1. The highest BCUT2D eigenvalue weighted by molar-refractivity contribution is 5.94. The molecule has 0 radical (unpaired) electrons. The van der Waals surface area contributed by atoms with Gasteiger partial charge in [-0.3, -0.25) is 9.78 Å². The van der Waals surface area contributed by atoms with Gasteiger partial charge in [0.25, 0.3) is 0 Å². The van der Waals surface area contributed by atoms with Crippen LogP contribution in [-0.2, 0) is 4.74 Å². The molecule has 2 atom stereocenters. The Balaban J connectivity index is 1.94. The van der Waals surface area contributed by atoms with Crippen LogP contribution in [0.5, 0.6) is 0 Å². The maximum atomic E-state index is 12.7. The molecular formula is C12H15FN2O2. The van der Waals surface area contributed by atoms with Gasteiger partial charge in [0.15, 0.2) is 5.78 Å². The summed E-state index contributed by atoms with van der Waals surface area (Å²) in [6.45, 7) is 3.20. The molecule has 1 fully saturated rings. The van der Waals surface area contributed by atoms with Crippen molar-refractivity contribution in [2.45, 2.75) is 25.4 Å². The molecule has 0 aromatic carbocycles. The fourth-order valence-corrected chi connectivity index (χ4v) is 1.87. The zero-order valence-electron chi connectivity index (χ0n) is 9.65. The molecule has 17 heavy (non-hydrogen) atoms. The van der Waals surface area contributed by atoms with Crippen LogP contribution in [0.4, 0.5) is 4.39 Å². The van der Waals surface area contributed by atoms with E-state index in [1.165, 1.54) is 12.1 Å². The number of pyridine rings is 1. The van der Waals surface area contributed by atoms with Crippen molar-refractivity contribution in [3.05, 3.63) is 29.8 Å². The lowest BCUT2D eigenvalue weighted by molar-refractivity contribution is 0.0462. The molecule has 2 heterocycles. The molecule has 0 spiro atoms. The monoisotopic (exact) mass is 238 g/mol. The zero-order valence-corrected chi connectivity index (χ0v) is 9.65. The number of Topliss-reactive ketones (excluding diaryl/α,β-unsaturated/α-hetero) is 1. The molecule has 0 aliphatic carbocycles. The van der Waals surface area contributed by atoms with Crippen molar-refractivity contribution in [2.75, 3.05) is 13.2 Å². The minimum absolute atomic E-state index is 0.0121. The first-order valence-corrected chi connectivity index (χ1v) is 5.63. The standard InChI is InChI=1S/C12H15FN2O2/c1-8-6-17-7-10(15-8)4-12(16)11-3-2-9(13)5-14-11/h2-3,5,8,10,15H,4,6-7H2,1H3. The van der Waals surface area contributed by atoms with Gasteiger partial charge in [-0.05, 0) is 19.1 Å². The molecule has 1 saturated heterocycles. The molecule has 0 saturated carbocycles. The second-order valence-corrected chi connectivity index (χ2v) is 4.29. The van der Waals surface area contributed by atoms with Gasteiger partial charge in [-0.25, -0.2) is 4.39 Å². The summed E-state index contributed by atoms with van der Waals surface area (Å²) in [6.07, 6.45) is 1.38. The van der Waals surface area contributed by atoms with Gasteiger partial charge >= 0.3 is 0 Å². The number of hydrogen-bond donors (Lipinski definition) is 1. The van der Waals surface area contributed by atoms with Crippen LogP contribution in [0, 0.1) is 5.82 Å². The number of aromatic nitrogens is 1. The van der Waals surface area contributed by atoms with E-state index in [4.69, 9.17) is 4.74 Å². The van der Waals surface area contributed by atoms with Gasteiger partial charge < -0.3 is 10.1 Å². The Morgan fingerprint density at radius 2 is 2.41 bits per heavy atom. The Kier molecular flexibility index (Phi) is 3.81. The van der Waals surface area contributed by atoms with E-state index in [9.17, 15) is 9.18 Å². The molecule has 5 heteroatoms. The van der Waals surface area contributed by atoms with Crippen molar-refractivity contribution < 1.29 is 13.9 Å². The predicted octanol–water partition coefficient (Wildman–Crippen LogP) is 1.17. The number of nitrogens with zero attached hydrogens (tertiary/aromatic N) is 1. The van der Waals surface area contributed by atoms with Crippen LogP contribution in [0.1, 0.15) is 23.8 Å². The van der Waals surface area contributed by atoms with Crippen molar-refractivity contribution in [3.8, 4) is 0 Å². The smallest absolute Gasteiger partial charge is 0.182 e. The summed E-state index contributed by atoms with van der Waals surface area (Å²) in [4.78, 5) is 15.6. The number of halogens is 1. The summed E-state index contributed by atoms with van der Waals surface area (Å²) < 4.78 is 18.0. The molecular weight excluding hydrogens is 223 g/mol. The van der Waals surface area contributed by atoms with Gasteiger partial charge in [-0.15, -0.1) is 0 Å². The summed E-state index contributed by atoms with van der Waals surface area (Å²) >= 11 is 0.